The third kappa shape index (κ3) is 12.5. The Hall–Kier alpha value is 0.434. The van der Waals surface area contributed by atoms with Gasteiger partial charge in [0.25, 0.3) is 0 Å². The zero-order valence-corrected chi connectivity index (χ0v) is 15.2. The minimum absolute atomic E-state index is 0.166. The van der Waals surface area contributed by atoms with Crippen LogP contribution in [-0.2, 0) is 0 Å². The van der Waals surface area contributed by atoms with Crippen LogP contribution in [-0.4, -0.2) is 18.1 Å². The molecule has 2 heteroatoms. The average molecular weight is 259 g/mol. The van der Waals surface area contributed by atoms with Gasteiger partial charge in [-0.15, -0.1) is 0 Å². The highest BCUT2D eigenvalue weighted by Gasteiger charge is 2.03. The highest BCUT2D eigenvalue weighted by atomic mass is 29.1. The first kappa shape index (κ1) is 16.4. The van der Waals surface area contributed by atoms with Crippen LogP contribution in [0.15, 0.2) is 0 Å². The van der Waals surface area contributed by atoms with Crippen molar-refractivity contribution in [3.8, 4) is 0 Å². The summed E-state index contributed by atoms with van der Waals surface area (Å²) in [4.78, 5) is 0. The molecular formula is C14H34Si2. The van der Waals surface area contributed by atoms with E-state index in [0.29, 0.717) is 0 Å². The largest absolute Gasteiger partial charge is 0.0654 e. The lowest BCUT2D eigenvalue weighted by atomic mass is 10.2. The Bertz CT molecular complexity index is 112. The van der Waals surface area contributed by atoms with Gasteiger partial charge in [-0.3, -0.25) is 0 Å². The van der Waals surface area contributed by atoms with E-state index in [4.69, 9.17) is 0 Å². The Kier molecular flexibility index (Phi) is 13.9. The number of hydrogen-bond donors (Lipinski definition) is 0. The van der Waals surface area contributed by atoms with Crippen molar-refractivity contribution >= 4 is 18.1 Å². The Morgan fingerprint density at radius 2 is 1.00 bits per heavy atom. The molecule has 0 aliphatic carbocycles. The van der Waals surface area contributed by atoms with Crippen LogP contribution >= 0.6 is 0 Å². The van der Waals surface area contributed by atoms with Crippen LogP contribution in [0.25, 0.3) is 0 Å². The van der Waals surface area contributed by atoms with Crippen molar-refractivity contribution in [3.05, 3.63) is 0 Å². The van der Waals surface area contributed by atoms with Crippen molar-refractivity contribution in [3.63, 3.8) is 0 Å². The van der Waals surface area contributed by atoms with Gasteiger partial charge in [-0.25, -0.2) is 0 Å². The Morgan fingerprint density at radius 1 is 0.625 bits per heavy atom. The first-order chi connectivity index (χ1) is 7.81. The lowest BCUT2D eigenvalue weighted by Gasteiger charge is -2.09. The van der Waals surface area contributed by atoms with Crippen LogP contribution in [0.3, 0.4) is 0 Å². The maximum atomic E-state index is 2.31. The summed E-state index contributed by atoms with van der Waals surface area (Å²) in [6.07, 6.45) is 14.9. The van der Waals surface area contributed by atoms with E-state index in [9.17, 15) is 0 Å². The van der Waals surface area contributed by atoms with Gasteiger partial charge in [0.1, 0.15) is 0 Å². The summed E-state index contributed by atoms with van der Waals surface area (Å²) >= 11 is 0. The van der Waals surface area contributed by atoms with Gasteiger partial charge in [0.15, 0.2) is 0 Å². The molecule has 0 nitrogen and oxygen atoms in total. The molecule has 0 heterocycles. The monoisotopic (exact) mass is 258 g/mol. The zero-order chi connectivity index (χ0) is 12.1. The van der Waals surface area contributed by atoms with Crippen LogP contribution in [0.2, 0.25) is 12.1 Å². The minimum atomic E-state index is -0.166. The third-order valence-corrected chi connectivity index (χ3v) is 9.85. The molecule has 16 heavy (non-hydrogen) atoms. The fourth-order valence-corrected chi connectivity index (χ4v) is 7.05. The van der Waals surface area contributed by atoms with Crippen LogP contribution in [0.4, 0.5) is 0 Å². The van der Waals surface area contributed by atoms with Crippen molar-refractivity contribution in [1.29, 1.82) is 0 Å². The van der Waals surface area contributed by atoms with Crippen LogP contribution in [0.1, 0.15) is 78.1 Å². The van der Waals surface area contributed by atoms with Crippen molar-refractivity contribution < 1.29 is 0 Å². The maximum absolute atomic E-state index is 2.31. The smallest absolute Gasteiger partial charge is 0.0202 e. The second-order valence-electron chi connectivity index (χ2n) is 5.51. The normalized spacial score (nSPS) is 11.4. The summed E-state index contributed by atoms with van der Waals surface area (Å²) in [5.41, 5.74) is 0. The molecule has 0 N–H and O–H groups in total. The van der Waals surface area contributed by atoms with Gasteiger partial charge in [-0.05, 0) is 9.76 Å². The molecule has 0 aromatic heterocycles. The Balaban J connectivity index is 3.09. The minimum Gasteiger partial charge on any atom is -0.0654 e. The first-order valence-corrected chi connectivity index (χ1v) is 14.1. The topological polar surface area (TPSA) is 0 Å². The standard InChI is InChI=1S/C14H34Si2/c1-3-5-7-9-11-13-16(15)14-12-10-8-6-4-2/h16H,3-14H2,1-2,15H3. The second kappa shape index (κ2) is 13.5. The van der Waals surface area contributed by atoms with E-state index in [1.165, 1.54) is 51.4 Å². The molecule has 0 rings (SSSR count). The van der Waals surface area contributed by atoms with Crippen molar-refractivity contribution in [2.24, 2.45) is 0 Å². The highest BCUT2D eigenvalue weighted by molar-refractivity contribution is 7.03. The molecule has 0 spiro atoms. The summed E-state index contributed by atoms with van der Waals surface area (Å²) in [5, 5.41) is 0. The van der Waals surface area contributed by atoms with E-state index in [-0.39, 0.29) is 8.31 Å². The van der Waals surface area contributed by atoms with Gasteiger partial charge in [0.2, 0.25) is 0 Å². The molecule has 0 bridgehead atoms. The van der Waals surface area contributed by atoms with Gasteiger partial charge in [0, 0.05) is 8.31 Å². The van der Waals surface area contributed by atoms with E-state index in [1.54, 1.807) is 34.7 Å². The quantitative estimate of drug-likeness (QED) is 0.366. The summed E-state index contributed by atoms with van der Waals surface area (Å²) in [6, 6.07) is 3.34. The number of rotatable bonds is 12. The lowest BCUT2D eigenvalue weighted by Crippen LogP contribution is -2.11. The molecule has 0 fully saturated rings. The SMILES string of the molecule is CCCCCCC[SiH]([SiH3])CCCCCCC. The first-order valence-electron chi connectivity index (χ1n) is 7.81. The highest BCUT2D eigenvalue weighted by Crippen LogP contribution is 2.12. The van der Waals surface area contributed by atoms with Crippen LogP contribution < -0.4 is 0 Å². The van der Waals surface area contributed by atoms with Gasteiger partial charge in [0.05, 0.1) is 0 Å². The fourth-order valence-electron chi connectivity index (χ4n) is 2.34. The van der Waals surface area contributed by atoms with E-state index < -0.39 is 0 Å². The van der Waals surface area contributed by atoms with Gasteiger partial charge >= 0.3 is 0 Å². The molecule has 0 amide bonds. The molecule has 0 unspecified atom stereocenters. The molecule has 0 aromatic rings. The average Bonchev–Trinajstić information content (AvgIpc) is 2.28. The molecule has 0 aromatic carbocycles. The van der Waals surface area contributed by atoms with Crippen molar-refractivity contribution in [2.75, 3.05) is 0 Å². The molecule has 0 aliphatic heterocycles. The van der Waals surface area contributed by atoms with Crippen molar-refractivity contribution in [2.45, 2.75) is 90.1 Å². The molecule has 0 radical (unpaired) electrons. The van der Waals surface area contributed by atoms with E-state index in [0.717, 1.165) is 0 Å². The summed E-state index contributed by atoms with van der Waals surface area (Å²) in [6.45, 7) is 4.61. The van der Waals surface area contributed by atoms with E-state index in [2.05, 4.69) is 13.8 Å². The molecule has 0 aliphatic rings. The summed E-state index contributed by atoms with van der Waals surface area (Å²) in [7, 11) is 1.40. The molecule has 0 atom stereocenters. The number of unbranched alkanes of at least 4 members (excludes halogenated alkanes) is 8. The van der Waals surface area contributed by atoms with Gasteiger partial charge in [-0.1, -0.05) is 90.1 Å². The van der Waals surface area contributed by atoms with Crippen molar-refractivity contribution in [1.82, 2.24) is 0 Å². The zero-order valence-electron chi connectivity index (χ0n) is 12.1. The summed E-state index contributed by atoms with van der Waals surface area (Å²) < 4.78 is 0. The molecular weight excluding hydrogens is 224 g/mol. The molecule has 0 saturated heterocycles. The van der Waals surface area contributed by atoms with E-state index in [1.807, 2.05) is 0 Å². The lowest BCUT2D eigenvalue weighted by molar-refractivity contribution is 0.647. The second-order valence-corrected chi connectivity index (χ2v) is 13.8. The fraction of sp³-hybridized carbons (Fsp3) is 1.00. The van der Waals surface area contributed by atoms with Gasteiger partial charge < -0.3 is 0 Å². The Labute approximate surface area is 108 Å². The maximum Gasteiger partial charge on any atom is 0.0202 e. The van der Waals surface area contributed by atoms with Crippen LogP contribution in [0.5, 0.6) is 0 Å². The molecule has 0 saturated carbocycles. The predicted molar refractivity (Wildman–Crippen MR) is 84.2 cm³/mol. The van der Waals surface area contributed by atoms with Gasteiger partial charge in [-0.2, -0.15) is 0 Å². The Morgan fingerprint density at radius 3 is 1.38 bits per heavy atom. The third-order valence-electron chi connectivity index (χ3n) is 3.60. The molecule has 98 valence electrons. The predicted octanol–water partition coefficient (Wildman–Crippen LogP) is 4.02. The number of hydrogen-bond acceptors (Lipinski definition) is 0. The van der Waals surface area contributed by atoms with E-state index >= 15 is 0 Å². The summed E-state index contributed by atoms with van der Waals surface area (Å²) in [5.74, 6) is 0. The van der Waals surface area contributed by atoms with Crippen LogP contribution in [0, 0.1) is 0 Å².